The molecule has 2 aromatic carbocycles. The van der Waals surface area contributed by atoms with E-state index in [4.69, 9.17) is 9.47 Å². The Kier molecular flexibility index (Phi) is 7.57. The zero-order valence-corrected chi connectivity index (χ0v) is 19.9. The van der Waals surface area contributed by atoms with E-state index in [-0.39, 0.29) is 5.91 Å². The molecule has 0 unspecified atom stereocenters. The number of nitrogens with one attached hydrogen (secondary N) is 2. The molecule has 0 aliphatic carbocycles. The van der Waals surface area contributed by atoms with Gasteiger partial charge in [-0.15, -0.1) is 0 Å². The van der Waals surface area contributed by atoms with Gasteiger partial charge in [0.15, 0.2) is 0 Å². The van der Waals surface area contributed by atoms with Gasteiger partial charge in [0.25, 0.3) is 5.91 Å². The van der Waals surface area contributed by atoms with Crippen LogP contribution in [-0.4, -0.2) is 86.3 Å². The molecule has 5 rings (SSSR count). The average Bonchev–Trinajstić information content (AvgIpc) is 3.39. The van der Waals surface area contributed by atoms with Crippen LogP contribution in [0, 0.1) is 0 Å². The van der Waals surface area contributed by atoms with Gasteiger partial charge in [0, 0.05) is 62.3 Å². The lowest BCUT2D eigenvalue weighted by atomic mass is 10.1. The predicted molar refractivity (Wildman–Crippen MR) is 137 cm³/mol. The molecule has 184 valence electrons. The van der Waals surface area contributed by atoms with Crippen LogP contribution in [0.4, 0.5) is 17.2 Å². The summed E-state index contributed by atoms with van der Waals surface area (Å²) in [6, 6.07) is 17.4. The van der Waals surface area contributed by atoms with E-state index < -0.39 is 0 Å². The Morgan fingerprint density at radius 3 is 2.40 bits per heavy atom. The minimum atomic E-state index is -0.153. The maximum atomic E-state index is 13.0. The summed E-state index contributed by atoms with van der Waals surface area (Å²) in [6.07, 6.45) is 1.76. The van der Waals surface area contributed by atoms with Gasteiger partial charge < -0.3 is 25.0 Å². The maximum absolute atomic E-state index is 13.0. The lowest BCUT2D eigenvalue weighted by molar-refractivity contribution is 0.0398. The van der Waals surface area contributed by atoms with Gasteiger partial charge in [0.1, 0.15) is 5.82 Å². The van der Waals surface area contributed by atoms with Crippen LogP contribution in [0.2, 0.25) is 0 Å². The highest BCUT2D eigenvalue weighted by Crippen LogP contribution is 2.21. The van der Waals surface area contributed by atoms with Gasteiger partial charge in [-0.3, -0.25) is 9.69 Å². The minimum absolute atomic E-state index is 0.153. The molecule has 3 aromatic rings. The molecule has 2 N–H and O–H groups in total. The second-order valence-corrected chi connectivity index (χ2v) is 8.66. The molecule has 35 heavy (non-hydrogen) atoms. The van der Waals surface area contributed by atoms with Gasteiger partial charge >= 0.3 is 0 Å². The van der Waals surface area contributed by atoms with Crippen LogP contribution in [-0.2, 0) is 9.47 Å². The number of carbonyl (C=O) groups excluding carboxylic acids is 1. The van der Waals surface area contributed by atoms with E-state index in [2.05, 4.69) is 25.5 Å². The van der Waals surface area contributed by atoms with Gasteiger partial charge in [0.2, 0.25) is 0 Å². The standard InChI is InChI=1S/C26H32N6O3/c33-26(29-22-4-6-23(7-5-22)31-14-18-35-19-15-31)21-2-1-3-24(20-21)32-25(8-9-28-32)27-10-11-30-12-16-34-17-13-30/h1-9,20,27H,10-19H2,(H,29,33). The van der Waals surface area contributed by atoms with Crippen LogP contribution in [0.25, 0.3) is 5.69 Å². The Hall–Kier alpha value is -3.40. The third-order valence-electron chi connectivity index (χ3n) is 6.33. The third kappa shape index (κ3) is 6.00. The fourth-order valence-electron chi connectivity index (χ4n) is 4.37. The van der Waals surface area contributed by atoms with Crippen LogP contribution >= 0.6 is 0 Å². The largest absolute Gasteiger partial charge is 0.379 e. The van der Waals surface area contributed by atoms with E-state index in [0.717, 1.165) is 88.6 Å². The van der Waals surface area contributed by atoms with Gasteiger partial charge in [-0.1, -0.05) is 6.07 Å². The number of nitrogens with zero attached hydrogens (tertiary/aromatic N) is 4. The summed E-state index contributed by atoms with van der Waals surface area (Å²) < 4.78 is 12.7. The fraction of sp³-hybridized carbons (Fsp3) is 0.385. The van der Waals surface area contributed by atoms with Crippen molar-refractivity contribution in [3.63, 3.8) is 0 Å². The van der Waals surface area contributed by atoms with Crippen molar-refractivity contribution in [1.82, 2.24) is 14.7 Å². The Morgan fingerprint density at radius 2 is 1.63 bits per heavy atom. The molecule has 0 saturated carbocycles. The highest BCUT2D eigenvalue weighted by molar-refractivity contribution is 6.04. The second kappa shape index (κ2) is 11.4. The fourth-order valence-corrected chi connectivity index (χ4v) is 4.37. The van der Waals surface area contributed by atoms with E-state index in [9.17, 15) is 4.79 Å². The van der Waals surface area contributed by atoms with Gasteiger partial charge in [0.05, 0.1) is 38.3 Å². The number of amides is 1. The highest BCUT2D eigenvalue weighted by Gasteiger charge is 2.14. The topological polar surface area (TPSA) is 83.9 Å². The van der Waals surface area contributed by atoms with Crippen molar-refractivity contribution in [3.05, 3.63) is 66.4 Å². The molecule has 0 atom stereocenters. The third-order valence-corrected chi connectivity index (χ3v) is 6.33. The highest BCUT2D eigenvalue weighted by atomic mass is 16.5. The lowest BCUT2D eigenvalue weighted by Crippen LogP contribution is -2.39. The predicted octanol–water partition coefficient (Wildman–Crippen LogP) is 2.71. The molecule has 9 heteroatoms. The summed E-state index contributed by atoms with van der Waals surface area (Å²) in [4.78, 5) is 17.6. The zero-order valence-electron chi connectivity index (χ0n) is 19.9. The monoisotopic (exact) mass is 476 g/mol. The molecular weight excluding hydrogens is 444 g/mol. The molecule has 0 spiro atoms. The van der Waals surface area contributed by atoms with Crippen molar-refractivity contribution in [2.75, 3.05) is 81.2 Å². The van der Waals surface area contributed by atoms with Crippen molar-refractivity contribution in [2.45, 2.75) is 0 Å². The first-order valence-corrected chi connectivity index (χ1v) is 12.2. The number of morpholine rings is 2. The van der Waals surface area contributed by atoms with Crippen LogP contribution in [0.1, 0.15) is 10.4 Å². The van der Waals surface area contributed by atoms with E-state index in [1.165, 1.54) is 0 Å². The molecule has 3 heterocycles. The summed E-state index contributed by atoms with van der Waals surface area (Å²) >= 11 is 0. The summed E-state index contributed by atoms with van der Waals surface area (Å²) in [6.45, 7) is 8.55. The molecule has 1 amide bonds. The minimum Gasteiger partial charge on any atom is -0.379 e. The van der Waals surface area contributed by atoms with Crippen molar-refractivity contribution in [3.8, 4) is 5.69 Å². The Labute approximate surface area is 205 Å². The summed E-state index contributed by atoms with van der Waals surface area (Å²) in [5, 5.41) is 10.9. The molecule has 0 radical (unpaired) electrons. The van der Waals surface area contributed by atoms with Crippen molar-refractivity contribution < 1.29 is 14.3 Å². The maximum Gasteiger partial charge on any atom is 0.255 e. The van der Waals surface area contributed by atoms with E-state index >= 15 is 0 Å². The summed E-state index contributed by atoms with van der Waals surface area (Å²) in [5.41, 5.74) is 3.32. The summed E-state index contributed by atoms with van der Waals surface area (Å²) in [5.74, 6) is 0.745. The van der Waals surface area contributed by atoms with Crippen molar-refractivity contribution >= 4 is 23.1 Å². The lowest BCUT2D eigenvalue weighted by Gasteiger charge is -2.28. The zero-order chi connectivity index (χ0) is 23.9. The average molecular weight is 477 g/mol. The van der Waals surface area contributed by atoms with Gasteiger partial charge in [-0.05, 0) is 42.5 Å². The summed E-state index contributed by atoms with van der Waals surface area (Å²) in [7, 11) is 0. The molecule has 2 fully saturated rings. The van der Waals surface area contributed by atoms with E-state index in [1.807, 2.05) is 59.3 Å². The molecular formula is C26H32N6O3. The number of rotatable bonds is 8. The van der Waals surface area contributed by atoms with Gasteiger partial charge in [-0.2, -0.15) is 5.10 Å². The number of hydrogen-bond acceptors (Lipinski definition) is 7. The van der Waals surface area contributed by atoms with E-state index in [1.54, 1.807) is 6.20 Å². The number of carbonyl (C=O) groups is 1. The Balaban J connectivity index is 1.20. The van der Waals surface area contributed by atoms with Crippen LogP contribution in [0.15, 0.2) is 60.8 Å². The smallest absolute Gasteiger partial charge is 0.255 e. The molecule has 1 aromatic heterocycles. The Morgan fingerprint density at radius 1 is 0.886 bits per heavy atom. The van der Waals surface area contributed by atoms with Crippen LogP contribution in [0.5, 0.6) is 0 Å². The van der Waals surface area contributed by atoms with E-state index in [0.29, 0.717) is 5.56 Å². The normalized spacial score (nSPS) is 16.7. The number of benzene rings is 2. The number of hydrogen-bond donors (Lipinski definition) is 2. The molecule has 2 saturated heterocycles. The number of anilines is 3. The number of ether oxygens (including phenoxy) is 2. The first-order valence-electron chi connectivity index (χ1n) is 12.2. The van der Waals surface area contributed by atoms with Crippen molar-refractivity contribution in [1.29, 1.82) is 0 Å². The second-order valence-electron chi connectivity index (χ2n) is 8.66. The van der Waals surface area contributed by atoms with Crippen molar-refractivity contribution in [2.24, 2.45) is 0 Å². The SMILES string of the molecule is O=C(Nc1ccc(N2CCOCC2)cc1)c1cccc(-n2nccc2NCCN2CCOCC2)c1. The molecule has 2 aliphatic heterocycles. The molecule has 2 aliphatic rings. The number of aromatic nitrogens is 2. The Bertz CT molecular complexity index is 1100. The van der Waals surface area contributed by atoms with Crippen LogP contribution < -0.4 is 15.5 Å². The quantitative estimate of drug-likeness (QED) is 0.517. The molecule has 0 bridgehead atoms. The molecule has 9 nitrogen and oxygen atoms in total. The first kappa shape index (κ1) is 23.3. The van der Waals surface area contributed by atoms with Gasteiger partial charge in [-0.25, -0.2) is 4.68 Å². The van der Waals surface area contributed by atoms with Crippen LogP contribution in [0.3, 0.4) is 0 Å². The first-order chi connectivity index (χ1) is 17.3.